The second kappa shape index (κ2) is 10.8. The Kier molecular flexibility index (Phi) is 8.03. The molecule has 2 saturated heterocycles. The number of piperidine rings is 2. The zero-order chi connectivity index (χ0) is 29.0. The molecule has 7 nitrogen and oxygen atoms in total. The molecule has 40 heavy (non-hydrogen) atoms. The Morgan fingerprint density at radius 1 is 1.15 bits per heavy atom. The van der Waals surface area contributed by atoms with E-state index >= 15 is 4.39 Å². The molecule has 5 rings (SSSR count). The van der Waals surface area contributed by atoms with Crippen LogP contribution in [-0.4, -0.2) is 79.4 Å². The fraction of sp³-hybridized carbons (Fsp3) is 0.720. The molecule has 4 aliphatic rings. The van der Waals surface area contributed by atoms with E-state index in [2.05, 4.69) is 0 Å². The van der Waals surface area contributed by atoms with Gasteiger partial charge in [0, 0.05) is 25.7 Å². The summed E-state index contributed by atoms with van der Waals surface area (Å²) >= 11 is 5.87. The van der Waals surface area contributed by atoms with Crippen LogP contribution in [0.15, 0.2) is 12.1 Å². The summed E-state index contributed by atoms with van der Waals surface area (Å²) in [5.74, 6) is -3.90. The number of benzene rings is 1. The van der Waals surface area contributed by atoms with E-state index in [9.17, 15) is 35.2 Å². The maximum atomic E-state index is 15.7. The highest BCUT2D eigenvalue weighted by Gasteiger charge is 2.50. The van der Waals surface area contributed by atoms with Crippen LogP contribution in [0.25, 0.3) is 0 Å². The van der Waals surface area contributed by atoms with Crippen LogP contribution in [0.2, 0.25) is 0 Å². The molecular formula is C25H30ClF6N3O4S. The van der Waals surface area contributed by atoms with Gasteiger partial charge in [-0.25, -0.2) is 36.3 Å². The van der Waals surface area contributed by atoms with Crippen molar-refractivity contribution in [2.24, 2.45) is 5.92 Å². The molecule has 1 aromatic rings. The number of halogens is 7. The lowest BCUT2D eigenvalue weighted by molar-refractivity contribution is -0.227. The quantitative estimate of drug-likeness (QED) is 0.256. The van der Waals surface area contributed by atoms with E-state index in [4.69, 9.17) is 16.3 Å². The average molecular weight is 618 g/mol. The number of carbonyl (C=O) groups is 1. The molecule has 224 valence electrons. The summed E-state index contributed by atoms with van der Waals surface area (Å²) in [6.07, 6.45) is -4.89. The van der Waals surface area contributed by atoms with Gasteiger partial charge in [-0.15, -0.1) is 11.6 Å². The molecule has 3 unspecified atom stereocenters. The van der Waals surface area contributed by atoms with E-state index in [1.165, 1.54) is 11.1 Å². The summed E-state index contributed by atoms with van der Waals surface area (Å²) in [7, 11) is -3.88. The predicted molar refractivity (Wildman–Crippen MR) is 133 cm³/mol. The van der Waals surface area contributed by atoms with Crippen molar-refractivity contribution in [3.63, 3.8) is 0 Å². The molecule has 2 saturated carbocycles. The summed E-state index contributed by atoms with van der Waals surface area (Å²) in [4.78, 5) is 12.5. The Labute approximate surface area is 233 Å². The van der Waals surface area contributed by atoms with Gasteiger partial charge >= 0.3 is 6.18 Å². The maximum absolute atomic E-state index is 15.7. The number of hydrazine groups is 1. The number of nitrogens with zero attached hydrogens (tertiary/aromatic N) is 2. The summed E-state index contributed by atoms with van der Waals surface area (Å²) in [5, 5.41) is 0.280. The van der Waals surface area contributed by atoms with Gasteiger partial charge < -0.3 is 4.74 Å². The van der Waals surface area contributed by atoms with Gasteiger partial charge in [-0.2, -0.15) is 13.2 Å². The number of hydrogen-bond acceptors (Lipinski definition) is 6. The highest BCUT2D eigenvalue weighted by Crippen LogP contribution is 2.46. The average Bonchev–Trinajstić information content (AvgIpc) is 3.77. The zero-order valence-electron chi connectivity index (χ0n) is 21.4. The van der Waals surface area contributed by atoms with Crippen LogP contribution in [0.3, 0.4) is 0 Å². The van der Waals surface area contributed by atoms with Gasteiger partial charge in [-0.05, 0) is 62.5 Å². The molecule has 0 bridgehead atoms. The van der Waals surface area contributed by atoms with E-state index < -0.39 is 81.6 Å². The monoisotopic (exact) mass is 617 g/mol. The van der Waals surface area contributed by atoms with E-state index in [1.807, 2.05) is 4.72 Å². The number of amides is 1. The molecular weight excluding hydrogens is 588 g/mol. The summed E-state index contributed by atoms with van der Waals surface area (Å²) < 4.78 is 117. The lowest BCUT2D eigenvalue weighted by atomic mass is 9.93. The Bertz CT molecular complexity index is 1240. The Morgan fingerprint density at radius 2 is 1.80 bits per heavy atom. The third-order valence-corrected chi connectivity index (χ3v) is 10.2. The van der Waals surface area contributed by atoms with Crippen molar-refractivity contribution in [1.82, 2.24) is 14.7 Å². The first-order valence-corrected chi connectivity index (χ1v) is 15.2. The number of nitrogens with one attached hydrogen (secondary N) is 1. The molecule has 3 atom stereocenters. The van der Waals surface area contributed by atoms with Crippen LogP contribution in [0.4, 0.5) is 26.3 Å². The largest absolute Gasteiger partial charge is 0.490 e. The number of rotatable bonds is 8. The highest BCUT2D eigenvalue weighted by molar-refractivity contribution is 7.91. The number of ether oxygens (including phenoxy) is 1. The van der Waals surface area contributed by atoms with Gasteiger partial charge in [-0.1, -0.05) is 0 Å². The number of sulfonamides is 1. The van der Waals surface area contributed by atoms with Crippen LogP contribution in [0.5, 0.6) is 5.75 Å². The van der Waals surface area contributed by atoms with Crippen LogP contribution in [0, 0.1) is 11.7 Å². The van der Waals surface area contributed by atoms with Gasteiger partial charge in [0.25, 0.3) is 5.91 Å². The van der Waals surface area contributed by atoms with E-state index in [0.29, 0.717) is 18.4 Å². The number of hydrogen-bond donors (Lipinski definition) is 1. The third kappa shape index (κ3) is 6.49. The Balaban J connectivity index is 1.23. The molecule has 0 spiro atoms. The van der Waals surface area contributed by atoms with Crippen molar-refractivity contribution in [2.75, 3.05) is 26.2 Å². The Morgan fingerprint density at radius 3 is 2.38 bits per heavy atom. The van der Waals surface area contributed by atoms with Gasteiger partial charge in [0.05, 0.1) is 22.1 Å². The smallest absolute Gasteiger partial charge is 0.393 e. The molecule has 0 aromatic heterocycles. The van der Waals surface area contributed by atoms with Gasteiger partial charge in [-0.3, -0.25) is 4.79 Å². The minimum atomic E-state index is -4.53. The van der Waals surface area contributed by atoms with Gasteiger partial charge in [0.1, 0.15) is 23.8 Å². The molecule has 1 N–H and O–H groups in total. The van der Waals surface area contributed by atoms with Crippen molar-refractivity contribution in [1.29, 1.82) is 0 Å². The first kappa shape index (κ1) is 29.7. The number of alkyl halides is 6. The maximum Gasteiger partial charge on any atom is 0.393 e. The van der Waals surface area contributed by atoms with E-state index in [-0.39, 0.29) is 37.6 Å². The molecule has 2 aliphatic heterocycles. The Hall–Kier alpha value is -1.77. The fourth-order valence-corrected chi connectivity index (χ4v) is 6.85. The van der Waals surface area contributed by atoms with E-state index in [1.54, 1.807) is 0 Å². The van der Waals surface area contributed by atoms with Gasteiger partial charge in [0.2, 0.25) is 10.0 Å². The van der Waals surface area contributed by atoms with Crippen molar-refractivity contribution >= 4 is 27.5 Å². The topological polar surface area (TPSA) is 78.9 Å². The number of carbonyl (C=O) groups excluding carboxylic acids is 1. The van der Waals surface area contributed by atoms with Crippen molar-refractivity contribution < 1.29 is 44.3 Å². The van der Waals surface area contributed by atoms with E-state index in [0.717, 1.165) is 23.9 Å². The highest BCUT2D eigenvalue weighted by atomic mass is 35.5. The standard InChI is InChI=1S/C25H30ClF6N3O4S/c26-19-9-15(25(30,31)32)12-35(22(19)28)34-7-5-24(29,6-8-34)13-39-21-11-20(27)18(10-17(21)14-1-2-14)23(36)33-40(37,38)16-3-4-16/h10-11,14-16,19,22H,1-9,12-13H2,(H,33,36). The summed E-state index contributed by atoms with van der Waals surface area (Å²) in [6.45, 7) is -1.21. The molecule has 1 aromatic carbocycles. The van der Waals surface area contributed by atoms with Crippen LogP contribution >= 0.6 is 11.6 Å². The van der Waals surface area contributed by atoms with Gasteiger partial charge in [0.15, 0.2) is 6.30 Å². The summed E-state index contributed by atoms with van der Waals surface area (Å²) in [6, 6.07) is 2.19. The van der Waals surface area contributed by atoms with Crippen molar-refractivity contribution in [3.8, 4) is 5.75 Å². The first-order valence-electron chi connectivity index (χ1n) is 13.2. The van der Waals surface area contributed by atoms with Crippen LogP contribution in [0.1, 0.15) is 66.8 Å². The van der Waals surface area contributed by atoms with Crippen LogP contribution < -0.4 is 9.46 Å². The summed E-state index contributed by atoms with van der Waals surface area (Å²) in [5.41, 5.74) is -1.89. The third-order valence-electron chi connectivity index (χ3n) is 8.01. The molecule has 2 aliphatic carbocycles. The second-order valence-electron chi connectivity index (χ2n) is 11.2. The second-order valence-corrected chi connectivity index (χ2v) is 13.7. The molecule has 1 amide bonds. The zero-order valence-corrected chi connectivity index (χ0v) is 23.0. The minimum Gasteiger partial charge on any atom is -0.490 e. The molecule has 0 radical (unpaired) electrons. The fourth-order valence-electron chi connectivity index (χ4n) is 5.21. The lowest BCUT2D eigenvalue weighted by Crippen LogP contribution is -2.60. The van der Waals surface area contributed by atoms with Crippen molar-refractivity contribution in [2.45, 2.75) is 79.6 Å². The first-order chi connectivity index (χ1) is 18.7. The minimum absolute atomic E-state index is 0.0407. The van der Waals surface area contributed by atoms with Crippen LogP contribution in [-0.2, 0) is 10.0 Å². The molecule has 4 fully saturated rings. The lowest BCUT2D eigenvalue weighted by Gasteiger charge is -2.47. The van der Waals surface area contributed by atoms with Crippen molar-refractivity contribution in [3.05, 3.63) is 29.1 Å². The molecule has 15 heteroatoms. The SMILES string of the molecule is O=C(NS(=O)(=O)C1CC1)c1cc(C2CC2)c(OCC2(F)CCN(N3CC(C(F)(F)F)CC(Cl)C3F)CC2)cc1F. The predicted octanol–water partition coefficient (Wildman–Crippen LogP) is 4.81. The normalized spacial score (nSPS) is 28.3. The molecule has 2 heterocycles.